The molecule has 0 unspecified atom stereocenters. The summed E-state index contributed by atoms with van der Waals surface area (Å²) in [5.74, 6) is 1.30. The number of fused-ring (bicyclic) bond motifs is 1. The maximum absolute atomic E-state index is 9.49. The lowest BCUT2D eigenvalue weighted by atomic mass is 10.0. The van der Waals surface area contributed by atoms with Gasteiger partial charge in [-0.05, 0) is 67.7 Å². The van der Waals surface area contributed by atoms with E-state index in [4.69, 9.17) is 9.41 Å². The SMILES string of the molecule is Cc1c(CCc2ccc(O)cc2)nc2ccccc2c1O[Si](C)(C)C(C)(C)C. The molecule has 0 aliphatic rings. The van der Waals surface area contributed by atoms with Crippen molar-refractivity contribution in [2.45, 2.75) is 58.7 Å². The molecule has 0 bridgehead atoms. The van der Waals surface area contributed by atoms with E-state index in [1.54, 1.807) is 12.1 Å². The molecule has 0 radical (unpaired) electrons. The lowest BCUT2D eigenvalue weighted by Crippen LogP contribution is -2.44. The highest BCUT2D eigenvalue weighted by atomic mass is 28.4. The van der Waals surface area contributed by atoms with Gasteiger partial charge in [0.15, 0.2) is 0 Å². The van der Waals surface area contributed by atoms with E-state index in [1.165, 1.54) is 5.56 Å². The third-order valence-corrected chi connectivity index (χ3v) is 10.3. The Morgan fingerprint density at radius 2 is 1.61 bits per heavy atom. The molecular formula is C24H31NO2Si. The molecule has 1 aromatic heterocycles. The van der Waals surface area contributed by atoms with Crippen LogP contribution in [0.3, 0.4) is 0 Å². The summed E-state index contributed by atoms with van der Waals surface area (Å²) in [5, 5.41) is 10.7. The van der Waals surface area contributed by atoms with Crippen molar-refractivity contribution in [2.75, 3.05) is 0 Å². The number of aromatic nitrogens is 1. The fraction of sp³-hybridized carbons (Fsp3) is 0.375. The molecule has 4 heteroatoms. The third kappa shape index (κ3) is 4.22. The van der Waals surface area contributed by atoms with E-state index in [0.29, 0.717) is 5.75 Å². The molecule has 0 amide bonds. The maximum Gasteiger partial charge on any atom is 0.250 e. The van der Waals surface area contributed by atoms with Crippen molar-refractivity contribution < 1.29 is 9.53 Å². The summed E-state index contributed by atoms with van der Waals surface area (Å²) >= 11 is 0. The smallest absolute Gasteiger partial charge is 0.250 e. The molecule has 0 spiro atoms. The molecule has 1 heterocycles. The Morgan fingerprint density at radius 3 is 2.25 bits per heavy atom. The zero-order valence-corrected chi connectivity index (χ0v) is 18.8. The second-order valence-electron chi connectivity index (χ2n) is 9.06. The van der Waals surface area contributed by atoms with Crippen molar-refractivity contribution in [3.63, 3.8) is 0 Å². The van der Waals surface area contributed by atoms with E-state index >= 15 is 0 Å². The van der Waals surface area contributed by atoms with Gasteiger partial charge in [-0.15, -0.1) is 0 Å². The highest BCUT2D eigenvalue weighted by Gasteiger charge is 2.39. The molecule has 0 atom stereocenters. The Bertz CT molecular complexity index is 972. The summed E-state index contributed by atoms with van der Waals surface area (Å²) in [7, 11) is -1.97. The zero-order valence-electron chi connectivity index (χ0n) is 17.8. The van der Waals surface area contributed by atoms with E-state index in [0.717, 1.165) is 40.8 Å². The van der Waals surface area contributed by atoms with E-state index in [1.807, 2.05) is 18.2 Å². The molecule has 3 nitrogen and oxygen atoms in total. The first-order chi connectivity index (χ1) is 13.1. The zero-order chi connectivity index (χ0) is 20.5. The second-order valence-corrected chi connectivity index (χ2v) is 13.8. The lowest BCUT2D eigenvalue weighted by molar-refractivity contribution is 0.475. The highest BCUT2D eigenvalue weighted by Crippen LogP contribution is 2.40. The van der Waals surface area contributed by atoms with E-state index < -0.39 is 8.32 Å². The van der Waals surface area contributed by atoms with E-state index in [-0.39, 0.29) is 5.04 Å². The summed E-state index contributed by atoms with van der Waals surface area (Å²) in [6, 6.07) is 15.7. The van der Waals surface area contributed by atoms with Crippen molar-refractivity contribution in [3.05, 3.63) is 65.4 Å². The maximum atomic E-state index is 9.49. The van der Waals surface area contributed by atoms with Crippen molar-refractivity contribution in [2.24, 2.45) is 0 Å². The summed E-state index contributed by atoms with van der Waals surface area (Å²) in [5.41, 5.74) is 4.41. The van der Waals surface area contributed by atoms with Crippen molar-refractivity contribution in [1.29, 1.82) is 0 Å². The van der Waals surface area contributed by atoms with Crippen molar-refractivity contribution in [1.82, 2.24) is 4.98 Å². The first kappa shape index (κ1) is 20.4. The van der Waals surface area contributed by atoms with E-state index in [9.17, 15) is 5.11 Å². The first-order valence-corrected chi connectivity index (χ1v) is 12.8. The number of rotatable bonds is 5. The second kappa shape index (κ2) is 7.59. The van der Waals surface area contributed by atoms with Crippen LogP contribution in [-0.2, 0) is 12.8 Å². The molecule has 1 N–H and O–H groups in total. The van der Waals surface area contributed by atoms with Gasteiger partial charge in [0.1, 0.15) is 11.5 Å². The minimum atomic E-state index is -1.97. The molecule has 0 saturated carbocycles. The normalized spacial score (nSPS) is 12.4. The summed E-state index contributed by atoms with van der Waals surface area (Å²) < 4.78 is 6.78. The van der Waals surface area contributed by atoms with Gasteiger partial charge in [0.05, 0.1) is 5.52 Å². The highest BCUT2D eigenvalue weighted by molar-refractivity contribution is 6.74. The number of benzene rings is 2. The Kier molecular flexibility index (Phi) is 5.53. The summed E-state index contributed by atoms with van der Waals surface area (Å²) in [4.78, 5) is 4.95. The van der Waals surface area contributed by atoms with Crippen LogP contribution in [0.4, 0.5) is 0 Å². The minimum absolute atomic E-state index is 0.135. The number of aromatic hydroxyl groups is 1. The lowest BCUT2D eigenvalue weighted by Gasteiger charge is -2.37. The monoisotopic (exact) mass is 393 g/mol. The first-order valence-electron chi connectivity index (χ1n) is 9.93. The Hall–Kier alpha value is -2.33. The number of nitrogens with zero attached hydrogens (tertiary/aromatic N) is 1. The number of phenolic OH excluding ortho intramolecular Hbond substituents is 1. The minimum Gasteiger partial charge on any atom is -0.543 e. The predicted octanol–water partition coefficient (Wildman–Crippen LogP) is 6.42. The molecule has 3 aromatic rings. The Morgan fingerprint density at radius 1 is 0.964 bits per heavy atom. The quantitative estimate of drug-likeness (QED) is 0.509. The topological polar surface area (TPSA) is 42.4 Å². The van der Waals surface area contributed by atoms with Crippen LogP contribution >= 0.6 is 0 Å². The largest absolute Gasteiger partial charge is 0.543 e. The van der Waals surface area contributed by atoms with Crippen LogP contribution in [0.2, 0.25) is 18.1 Å². The van der Waals surface area contributed by atoms with Gasteiger partial charge < -0.3 is 9.53 Å². The van der Waals surface area contributed by atoms with Gasteiger partial charge in [0.25, 0.3) is 8.32 Å². The van der Waals surface area contributed by atoms with Gasteiger partial charge in [-0.25, -0.2) is 0 Å². The van der Waals surface area contributed by atoms with Gasteiger partial charge >= 0.3 is 0 Å². The number of hydrogen-bond donors (Lipinski definition) is 1. The molecular weight excluding hydrogens is 362 g/mol. The van der Waals surface area contributed by atoms with Crippen LogP contribution < -0.4 is 4.43 Å². The molecule has 0 aliphatic heterocycles. The number of pyridine rings is 1. The fourth-order valence-electron chi connectivity index (χ4n) is 3.03. The molecule has 0 aliphatic carbocycles. The Balaban J connectivity index is 2.00. The van der Waals surface area contributed by atoms with Crippen LogP contribution in [-0.4, -0.2) is 18.4 Å². The number of aryl methyl sites for hydroxylation is 2. The van der Waals surface area contributed by atoms with Gasteiger partial charge in [-0.2, -0.15) is 0 Å². The average Bonchev–Trinajstić information content (AvgIpc) is 2.63. The van der Waals surface area contributed by atoms with Gasteiger partial charge in [-0.1, -0.05) is 45.0 Å². The summed E-state index contributed by atoms with van der Waals surface area (Å²) in [6.45, 7) is 13.5. The van der Waals surface area contributed by atoms with Crippen molar-refractivity contribution in [3.8, 4) is 11.5 Å². The van der Waals surface area contributed by atoms with Crippen LogP contribution in [0, 0.1) is 6.92 Å². The average molecular weight is 394 g/mol. The standard InChI is InChI=1S/C24H31NO2Si/c1-17-21(16-13-18-11-14-19(26)15-12-18)25-22-10-8-7-9-20(22)23(17)27-28(5,6)24(2,3)4/h7-12,14-15,26H,13,16H2,1-6H3. The van der Waals surface area contributed by atoms with Crippen LogP contribution in [0.1, 0.15) is 37.6 Å². The molecule has 28 heavy (non-hydrogen) atoms. The predicted molar refractivity (Wildman–Crippen MR) is 120 cm³/mol. The Labute approximate surface area is 169 Å². The van der Waals surface area contributed by atoms with Crippen LogP contribution in [0.15, 0.2) is 48.5 Å². The third-order valence-electron chi connectivity index (χ3n) is 5.93. The molecule has 148 valence electrons. The fourth-order valence-corrected chi connectivity index (χ4v) is 4.11. The molecule has 3 rings (SSSR count). The number of phenols is 1. The summed E-state index contributed by atoms with van der Waals surface area (Å²) in [6.07, 6.45) is 1.72. The molecule has 2 aromatic carbocycles. The van der Waals surface area contributed by atoms with Crippen LogP contribution in [0.25, 0.3) is 10.9 Å². The van der Waals surface area contributed by atoms with Gasteiger partial charge in [0, 0.05) is 16.6 Å². The van der Waals surface area contributed by atoms with Gasteiger partial charge in [0.2, 0.25) is 0 Å². The number of para-hydroxylation sites is 1. The van der Waals surface area contributed by atoms with Crippen LogP contribution in [0.5, 0.6) is 11.5 Å². The molecule has 0 saturated heterocycles. The van der Waals surface area contributed by atoms with Crippen molar-refractivity contribution >= 4 is 19.2 Å². The molecule has 0 fully saturated rings. The van der Waals surface area contributed by atoms with Gasteiger partial charge in [-0.3, -0.25) is 4.98 Å². The number of hydrogen-bond acceptors (Lipinski definition) is 3. The van der Waals surface area contributed by atoms with E-state index in [2.05, 4.69) is 59.0 Å².